The first-order chi connectivity index (χ1) is 8.91. The summed E-state index contributed by atoms with van der Waals surface area (Å²) in [5.74, 6) is 0.720. The molecule has 100 valence electrons. The lowest BCUT2D eigenvalue weighted by atomic mass is 10.0. The second-order valence-corrected chi connectivity index (χ2v) is 4.26. The lowest BCUT2D eigenvalue weighted by Gasteiger charge is -2.10. The Kier molecular flexibility index (Phi) is 3.51. The number of rotatable bonds is 2. The van der Waals surface area contributed by atoms with E-state index in [4.69, 9.17) is 4.74 Å². The lowest BCUT2D eigenvalue weighted by Crippen LogP contribution is -2.03. The van der Waals surface area contributed by atoms with E-state index in [-0.39, 0.29) is 0 Å². The smallest absolute Gasteiger partial charge is 0.416 e. The number of ether oxygens (including phenoxy) is 1. The molecule has 0 amide bonds. The van der Waals surface area contributed by atoms with Gasteiger partial charge in [0.05, 0.1) is 12.7 Å². The summed E-state index contributed by atoms with van der Waals surface area (Å²) in [4.78, 5) is 0. The van der Waals surface area contributed by atoms with Crippen molar-refractivity contribution < 1.29 is 17.9 Å². The predicted molar refractivity (Wildman–Crippen MR) is 68.2 cm³/mol. The molecule has 0 fully saturated rings. The van der Waals surface area contributed by atoms with E-state index >= 15 is 0 Å². The van der Waals surface area contributed by atoms with Gasteiger partial charge in [0.25, 0.3) is 0 Å². The Bertz CT molecular complexity index is 571. The van der Waals surface area contributed by atoms with Gasteiger partial charge in [-0.3, -0.25) is 0 Å². The maximum atomic E-state index is 12.5. The first kappa shape index (κ1) is 13.5. The Labute approximate surface area is 109 Å². The lowest BCUT2D eigenvalue weighted by molar-refractivity contribution is -0.137. The van der Waals surface area contributed by atoms with E-state index in [1.807, 2.05) is 25.1 Å². The van der Waals surface area contributed by atoms with Crippen molar-refractivity contribution in [2.24, 2.45) is 0 Å². The molecule has 0 spiro atoms. The first-order valence-electron chi connectivity index (χ1n) is 5.74. The minimum atomic E-state index is -4.30. The Hall–Kier alpha value is -1.97. The van der Waals surface area contributed by atoms with E-state index in [1.54, 1.807) is 7.11 Å². The average Bonchev–Trinajstić information content (AvgIpc) is 2.38. The fraction of sp³-hybridized carbons (Fsp3) is 0.200. The van der Waals surface area contributed by atoms with Crippen LogP contribution in [0.2, 0.25) is 0 Å². The van der Waals surface area contributed by atoms with Crippen molar-refractivity contribution in [2.45, 2.75) is 13.1 Å². The Balaban J connectivity index is 2.37. The molecule has 0 saturated carbocycles. The van der Waals surface area contributed by atoms with Gasteiger partial charge in [-0.05, 0) is 41.8 Å². The molecule has 19 heavy (non-hydrogen) atoms. The van der Waals surface area contributed by atoms with Crippen LogP contribution in [0.15, 0.2) is 42.5 Å². The molecule has 0 saturated heterocycles. The van der Waals surface area contributed by atoms with E-state index < -0.39 is 11.7 Å². The fourth-order valence-corrected chi connectivity index (χ4v) is 1.85. The number of alkyl halides is 3. The number of halogens is 3. The molecular formula is C15H13F3O. The molecule has 0 N–H and O–H groups in total. The molecule has 2 aromatic rings. The highest BCUT2D eigenvalue weighted by Gasteiger charge is 2.29. The zero-order chi connectivity index (χ0) is 14.0. The first-order valence-corrected chi connectivity index (χ1v) is 5.74. The van der Waals surface area contributed by atoms with Crippen molar-refractivity contribution in [3.05, 3.63) is 53.6 Å². The van der Waals surface area contributed by atoms with Gasteiger partial charge in [-0.1, -0.05) is 24.3 Å². The second kappa shape index (κ2) is 4.96. The summed E-state index contributed by atoms with van der Waals surface area (Å²) in [5, 5.41) is 0. The molecule has 0 radical (unpaired) electrons. The van der Waals surface area contributed by atoms with Crippen LogP contribution in [-0.2, 0) is 6.18 Å². The van der Waals surface area contributed by atoms with Crippen LogP contribution in [0.4, 0.5) is 13.2 Å². The molecule has 0 atom stereocenters. The molecule has 0 bridgehead atoms. The van der Waals surface area contributed by atoms with Crippen molar-refractivity contribution in [1.29, 1.82) is 0 Å². The fourth-order valence-electron chi connectivity index (χ4n) is 1.85. The third kappa shape index (κ3) is 2.89. The summed E-state index contributed by atoms with van der Waals surface area (Å²) in [6.45, 7) is 1.91. The summed E-state index contributed by atoms with van der Waals surface area (Å²) >= 11 is 0. The molecule has 0 aliphatic carbocycles. The van der Waals surface area contributed by atoms with Crippen LogP contribution in [-0.4, -0.2) is 7.11 Å². The largest absolute Gasteiger partial charge is 0.496 e. The normalized spacial score (nSPS) is 11.4. The number of hydrogen-bond acceptors (Lipinski definition) is 1. The van der Waals surface area contributed by atoms with Crippen LogP contribution < -0.4 is 4.74 Å². The minimum absolute atomic E-state index is 0.643. The van der Waals surface area contributed by atoms with E-state index in [1.165, 1.54) is 12.1 Å². The highest BCUT2D eigenvalue weighted by atomic mass is 19.4. The van der Waals surface area contributed by atoms with Crippen LogP contribution in [0.25, 0.3) is 11.1 Å². The van der Waals surface area contributed by atoms with Crippen molar-refractivity contribution in [3.63, 3.8) is 0 Å². The predicted octanol–water partition coefficient (Wildman–Crippen LogP) is 4.69. The summed E-state index contributed by atoms with van der Waals surface area (Å²) in [7, 11) is 1.57. The summed E-state index contributed by atoms with van der Waals surface area (Å²) in [5.41, 5.74) is 1.90. The molecule has 0 aromatic heterocycles. The Morgan fingerprint density at radius 1 is 0.895 bits per heavy atom. The third-order valence-corrected chi connectivity index (χ3v) is 2.95. The maximum absolute atomic E-state index is 12.5. The Morgan fingerprint density at radius 2 is 1.47 bits per heavy atom. The monoisotopic (exact) mass is 266 g/mol. The Morgan fingerprint density at radius 3 is 2.00 bits per heavy atom. The highest BCUT2D eigenvalue weighted by Crippen LogP contribution is 2.32. The second-order valence-electron chi connectivity index (χ2n) is 4.26. The molecule has 2 rings (SSSR count). The van der Waals surface area contributed by atoms with E-state index in [0.717, 1.165) is 34.6 Å². The van der Waals surface area contributed by atoms with Crippen molar-refractivity contribution in [1.82, 2.24) is 0 Å². The quantitative estimate of drug-likeness (QED) is 0.766. The topological polar surface area (TPSA) is 9.23 Å². The van der Waals surface area contributed by atoms with Gasteiger partial charge >= 0.3 is 6.18 Å². The molecule has 0 unspecified atom stereocenters. The number of hydrogen-bond donors (Lipinski definition) is 0. The molecule has 4 heteroatoms. The minimum Gasteiger partial charge on any atom is -0.496 e. The van der Waals surface area contributed by atoms with Gasteiger partial charge in [0.2, 0.25) is 0 Å². The highest BCUT2D eigenvalue weighted by molar-refractivity contribution is 5.66. The molecule has 1 nitrogen and oxygen atoms in total. The number of benzene rings is 2. The van der Waals surface area contributed by atoms with Crippen LogP contribution >= 0.6 is 0 Å². The van der Waals surface area contributed by atoms with Gasteiger partial charge in [0.1, 0.15) is 5.75 Å². The summed E-state index contributed by atoms with van der Waals surface area (Å²) in [6, 6.07) is 10.7. The van der Waals surface area contributed by atoms with Crippen molar-refractivity contribution in [3.8, 4) is 16.9 Å². The van der Waals surface area contributed by atoms with Gasteiger partial charge in [-0.25, -0.2) is 0 Å². The average molecular weight is 266 g/mol. The van der Waals surface area contributed by atoms with Crippen molar-refractivity contribution >= 4 is 0 Å². The number of aryl methyl sites for hydroxylation is 1. The van der Waals surface area contributed by atoms with Gasteiger partial charge in [0, 0.05) is 0 Å². The van der Waals surface area contributed by atoms with E-state index in [2.05, 4.69) is 0 Å². The summed E-state index contributed by atoms with van der Waals surface area (Å²) < 4.78 is 42.6. The third-order valence-electron chi connectivity index (χ3n) is 2.95. The van der Waals surface area contributed by atoms with Gasteiger partial charge < -0.3 is 4.74 Å². The van der Waals surface area contributed by atoms with Crippen LogP contribution in [0, 0.1) is 6.92 Å². The van der Waals surface area contributed by atoms with Crippen molar-refractivity contribution in [2.75, 3.05) is 7.11 Å². The SMILES string of the molecule is COc1cc(-c2ccc(C(F)(F)F)cc2)ccc1C. The molecule has 0 aliphatic rings. The number of methoxy groups -OCH3 is 1. The molecule has 0 aliphatic heterocycles. The van der Waals surface area contributed by atoms with Gasteiger partial charge in [0.15, 0.2) is 0 Å². The van der Waals surface area contributed by atoms with Crippen LogP contribution in [0.3, 0.4) is 0 Å². The zero-order valence-electron chi connectivity index (χ0n) is 10.6. The van der Waals surface area contributed by atoms with Crippen LogP contribution in [0.1, 0.15) is 11.1 Å². The van der Waals surface area contributed by atoms with E-state index in [0.29, 0.717) is 0 Å². The van der Waals surface area contributed by atoms with Crippen LogP contribution in [0.5, 0.6) is 5.75 Å². The zero-order valence-corrected chi connectivity index (χ0v) is 10.6. The molecular weight excluding hydrogens is 253 g/mol. The molecule has 0 heterocycles. The standard InChI is InChI=1S/C15H13F3O/c1-10-3-4-12(9-14(10)19-2)11-5-7-13(8-6-11)15(16,17)18/h3-9H,1-2H3. The van der Waals surface area contributed by atoms with E-state index in [9.17, 15) is 13.2 Å². The maximum Gasteiger partial charge on any atom is 0.416 e. The summed E-state index contributed by atoms with van der Waals surface area (Å²) in [6.07, 6.45) is -4.30. The molecule has 2 aromatic carbocycles. The van der Waals surface area contributed by atoms with Gasteiger partial charge in [-0.15, -0.1) is 0 Å². The van der Waals surface area contributed by atoms with Gasteiger partial charge in [-0.2, -0.15) is 13.2 Å².